The molecule has 1 unspecified atom stereocenters. The van der Waals surface area contributed by atoms with Crippen LogP contribution in [0.2, 0.25) is 0 Å². The zero-order valence-electron chi connectivity index (χ0n) is 9.58. The van der Waals surface area contributed by atoms with Crippen molar-refractivity contribution in [3.8, 4) is 0 Å². The standard InChI is InChI=1S/C11H20N4/c1-8-11(3-5-12)9(2)15(14-8)10-4-6-13-7-10/h10,13H,3-7,12H2,1-2H3. The topological polar surface area (TPSA) is 55.9 Å². The van der Waals surface area contributed by atoms with E-state index in [2.05, 4.69) is 28.9 Å². The van der Waals surface area contributed by atoms with Crippen LogP contribution in [0.5, 0.6) is 0 Å². The quantitative estimate of drug-likeness (QED) is 0.762. The second kappa shape index (κ2) is 4.33. The van der Waals surface area contributed by atoms with Crippen LogP contribution in [0.3, 0.4) is 0 Å². The number of hydrogen-bond acceptors (Lipinski definition) is 3. The largest absolute Gasteiger partial charge is 0.330 e. The lowest BCUT2D eigenvalue weighted by atomic mass is 10.1. The number of hydrogen-bond donors (Lipinski definition) is 2. The smallest absolute Gasteiger partial charge is 0.0658 e. The maximum absolute atomic E-state index is 5.61. The third-order valence-corrected chi connectivity index (χ3v) is 3.25. The van der Waals surface area contributed by atoms with Gasteiger partial charge in [-0.1, -0.05) is 0 Å². The van der Waals surface area contributed by atoms with Crippen LogP contribution in [-0.4, -0.2) is 29.4 Å². The molecule has 0 aliphatic carbocycles. The molecule has 2 heterocycles. The van der Waals surface area contributed by atoms with Gasteiger partial charge in [0.2, 0.25) is 0 Å². The van der Waals surface area contributed by atoms with Crippen molar-refractivity contribution in [2.75, 3.05) is 19.6 Å². The molecule has 0 amide bonds. The highest BCUT2D eigenvalue weighted by atomic mass is 15.3. The van der Waals surface area contributed by atoms with Crippen molar-refractivity contribution < 1.29 is 0 Å². The maximum Gasteiger partial charge on any atom is 0.0658 e. The number of nitrogens with two attached hydrogens (primary N) is 1. The minimum atomic E-state index is 0.537. The van der Waals surface area contributed by atoms with Crippen LogP contribution in [0.25, 0.3) is 0 Å². The van der Waals surface area contributed by atoms with Gasteiger partial charge in [0.25, 0.3) is 0 Å². The van der Waals surface area contributed by atoms with Crippen molar-refractivity contribution in [3.05, 3.63) is 17.0 Å². The summed E-state index contributed by atoms with van der Waals surface area (Å²) in [5.74, 6) is 0. The molecule has 4 heteroatoms. The van der Waals surface area contributed by atoms with Gasteiger partial charge in [-0.15, -0.1) is 0 Å². The van der Waals surface area contributed by atoms with Crippen LogP contribution < -0.4 is 11.1 Å². The second-order valence-corrected chi connectivity index (χ2v) is 4.28. The molecule has 1 aromatic rings. The molecule has 1 aliphatic heterocycles. The Hall–Kier alpha value is -0.870. The normalized spacial score (nSPS) is 21.1. The Morgan fingerprint density at radius 2 is 2.33 bits per heavy atom. The maximum atomic E-state index is 5.61. The van der Waals surface area contributed by atoms with E-state index in [1.807, 2.05) is 0 Å². The molecule has 1 atom stereocenters. The molecular weight excluding hydrogens is 188 g/mol. The molecule has 84 valence electrons. The van der Waals surface area contributed by atoms with E-state index in [9.17, 15) is 0 Å². The minimum absolute atomic E-state index is 0.537. The Labute approximate surface area is 90.8 Å². The lowest BCUT2D eigenvalue weighted by Crippen LogP contribution is -2.16. The van der Waals surface area contributed by atoms with Gasteiger partial charge in [0.1, 0.15) is 0 Å². The molecule has 4 nitrogen and oxygen atoms in total. The number of nitrogens with zero attached hydrogens (tertiary/aromatic N) is 2. The van der Waals surface area contributed by atoms with Crippen molar-refractivity contribution in [2.24, 2.45) is 5.73 Å². The Balaban J connectivity index is 2.27. The fourth-order valence-electron chi connectivity index (χ4n) is 2.41. The summed E-state index contributed by atoms with van der Waals surface area (Å²) < 4.78 is 2.18. The highest BCUT2D eigenvalue weighted by molar-refractivity contribution is 5.25. The van der Waals surface area contributed by atoms with E-state index < -0.39 is 0 Å². The van der Waals surface area contributed by atoms with Gasteiger partial charge in [-0.25, -0.2) is 0 Å². The van der Waals surface area contributed by atoms with Crippen molar-refractivity contribution in [3.63, 3.8) is 0 Å². The van der Waals surface area contributed by atoms with E-state index in [-0.39, 0.29) is 0 Å². The van der Waals surface area contributed by atoms with E-state index in [0.29, 0.717) is 12.6 Å². The van der Waals surface area contributed by atoms with E-state index in [0.717, 1.165) is 25.2 Å². The number of aryl methyl sites for hydroxylation is 1. The van der Waals surface area contributed by atoms with Gasteiger partial charge in [-0.2, -0.15) is 5.10 Å². The van der Waals surface area contributed by atoms with Crippen molar-refractivity contribution in [2.45, 2.75) is 32.7 Å². The molecule has 0 aromatic carbocycles. The first-order chi connectivity index (χ1) is 7.24. The zero-order chi connectivity index (χ0) is 10.8. The first-order valence-electron chi connectivity index (χ1n) is 5.69. The Kier molecular flexibility index (Phi) is 3.07. The van der Waals surface area contributed by atoms with Crippen LogP contribution in [0.1, 0.15) is 29.4 Å². The Morgan fingerprint density at radius 1 is 1.53 bits per heavy atom. The molecular formula is C11H20N4. The highest BCUT2D eigenvalue weighted by Gasteiger charge is 2.21. The molecule has 0 saturated carbocycles. The summed E-state index contributed by atoms with van der Waals surface area (Å²) in [6.07, 6.45) is 2.13. The Morgan fingerprint density at radius 3 is 2.93 bits per heavy atom. The monoisotopic (exact) mass is 208 g/mol. The van der Waals surface area contributed by atoms with Crippen LogP contribution in [0.4, 0.5) is 0 Å². The predicted octanol–water partition coefficient (Wildman–Crippen LogP) is 0.536. The summed E-state index contributed by atoms with van der Waals surface area (Å²) >= 11 is 0. The van der Waals surface area contributed by atoms with Crippen molar-refractivity contribution >= 4 is 0 Å². The summed E-state index contributed by atoms with van der Waals surface area (Å²) in [5, 5.41) is 8.01. The predicted molar refractivity (Wildman–Crippen MR) is 61.0 cm³/mol. The first kappa shape index (κ1) is 10.6. The molecule has 3 N–H and O–H groups in total. The van der Waals surface area contributed by atoms with Crippen LogP contribution >= 0.6 is 0 Å². The fourth-order valence-corrected chi connectivity index (χ4v) is 2.41. The van der Waals surface area contributed by atoms with Crippen LogP contribution in [0, 0.1) is 13.8 Å². The zero-order valence-corrected chi connectivity index (χ0v) is 9.58. The van der Waals surface area contributed by atoms with Gasteiger partial charge >= 0.3 is 0 Å². The number of nitrogens with one attached hydrogen (secondary N) is 1. The van der Waals surface area contributed by atoms with E-state index in [4.69, 9.17) is 5.73 Å². The third kappa shape index (κ3) is 1.92. The minimum Gasteiger partial charge on any atom is -0.330 e. The van der Waals surface area contributed by atoms with Gasteiger partial charge in [-0.05, 0) is 45.3 Å². The van der Waals surface area contributed by atoms with Crippen molar-refractivity contribution in [1.29, 1.82) is 0 Å². The molecule has 15 heavy (non-hydrogen) atoms. The third-order valence-electron chi connectivity index (χ3n) is 3.25. The van der Waals surface area contributed by atoms with Gasteiger partial charge in [-0.3, -0.25) is 4.68 Å². The molecule has 1 aliphatic rings. The number of aromatic nitrogens is 2. The molecule has 1 aromatic heterocycles. The lowest BCUT2D eigenvalue weighted by molar-refractivity contribution is 0.477. The summed E-state index contributed by atoms with van der Waals surface area (Å²) in [4.78, 5) is 0. The summed E-state index contributed by atoms with van der Waals surface area (Å²) in [6.45, 7) is 7.09. The van der Waals surface area contributed by atoms with Gasteiger partial charge in [0.15, 0.2) is 0 Å². The molecule has 1 saturated heterocycles. The fraction of sp³-hybridized carbons (Fsp3) is 0.727. The van der Waals surface area contributed by atoms with Crippen molar-refractivity contribution in [1.82, 2.24) is 15.1 Å². The first-order valence-corrected chi connectivity index (χ1v) is 5.69. The van der Waals surface area contributed by atoms with E-state index >= 15 is 0 Å². The SMILES string of the molecule is Cc1nn(C2CCNC2)c(C)c1CCN. The summed E-state index contributed by atoms with van der Waals surface area (Å²) in [6, 6.07) is 0.537. The summed E-state index contributed by atoms with van der Waals surface area (Å²) in [7, 11) is 0. The Bertz CT molecular complexity index is 337. The molecule has 0 radical (unpaired) electrons. The van der Waals surface area contributed by atoms with E-state index in [1.165, 1.54) is 17.7 Å². The average Bonchev–Trinajstić information content (AvgIpc) is 2.81. The molecule has 0 bridgehead atoms. The number of rotatable bonds is 3. The molecule has 2 rings (SSSR count). The summed E-state index contributed by atoms with van der Waals surface area (Å²) in [5.41, 5.74) is 9.39. The molecule has 1 fully saturated rings. The van der Waals surface area contributed by atoms with Gasteiger partial charge < -0.3 is 11.1 Å². The lowest BCUT2D eigenvalue weighted by Gasteiger charge is -2.11. The molecule has 0 spiro atoms. The van der Waals surface area contributed by atoms with Gasteiger partial charge in [0, 0.05) is 12.2 Å². The highest BCUT2D eigenvalue weighted by Crippen LogP contribution is 2.21. The van der Waals surface area contributed by atoms with Gasteiger partial charge in [0.05, 0.1) is 11.7 Å². The van der Waals surface area contributed by atoms with Crippen LogP contribution in [0.15, 0.2) is 0 Å². The van der Waals surface area contributed by atoms with Crippen LogP contribution in [-0.2, 0) is 6.42 Å². The van der Waals surface area contributed by atoms with E-state index in [1.54, 1.807) is 0 Å². The average molecular weight is 208 g/mol. The second-order valence-electron chi connectivity index (χ2n) is 4.28.